The molecule has 4 nitrogen and oxygen atoms in total. The molecule has 0 aromatic heterocycles. The lowest BCUT2D eigenvalue weighted by Gasteiger charge is -2.23. The van der Waals surface area contributed by atoms with E-state index in [9.17, 15) is 4.79 Å². The van der Waals surface area contributed by atoms with Crippen molar-refractivity contribution in [1.82, 2.24) is 9.80 Å². The molecule has 0 radical (unpaired) electrons. The SMILES string of the molecule is C[N+](C)(C)c1ccc(CNC(=O)O)cc1. The summed E-state index contributed by atoms with van der Waals surface area (Å²) in [7, 11) is 6.26. The van der Waals surface area contributed by atoms with E-state index in [1.54, 1.807) is 0 Å². The van der Waals surface area contributed by atoms with Crippen molar-refractivity contribution in [1.29, 1.82) is 0 Å². The fourth-order valence-corrected chi connectivity index (χ4v) is 1.24. The van der Waals surface area contributed by atoms with Crippen LogP contribution in [0.25, 0.3) is 0 Å². The minimum atomic E-state index is -0.995. The standard InChI is InChI=1S/C11H16N2O2/c1-13(2,3)10-6-4-9(5-7-10)8-12-11(14)15/h4-7,12H,8H2,1-3H3/p+1. The maximum absolute atomic E-state index is 10.3. The van der Waals surface area contributed by atoms with Gasteiger partial charge in [-0.3, -0.25) is 4.48 Å². The van der Waals surface area contributed by atoms with Crippen LogP contribution in [0.4, 0.5) is 10.5 Å². The highest BCUT2D eigenvalue weighted by Crippen LogP contribution is 2.16. The third-order valence-corrected chi connectivity index (χ3v) is 2.15. The molecule has 1 aromatic carbocycles. The largest absolute Gasteiger partial charge is 0.465 e. The fourth-order valence-electron chi connectivity index (χ4n) is 1.24. The first-order chi connectivity index (χ1) is 6.89. The van der Waals surface area contributed by atoms with Crippen molar-refractivity contribution >= 4 is 11.8 Å². The van der Waals surface area contributed by atoms with Crippen molar-refractivity contribution < 1.29 is 9.90 Å². The van der Waals surface area contributed by atoms with E-state index >= 15 is 0 Å². The zero-order chi connectivity index (χ0) is 11.5. The minimum Gasteiger partial charge on any atom is -0.465 e. The Morgan fingerprint density at radius 3 is 2.20 bits per heavy atom. The second kappa shape index (κ2) is 4.31. The maximum atomic E-state index is 10.3. The van der Waals surface area contributed by atoms with Gasteiger partial charge in [-0.1, -0.05) is 12.1 Å². The number of carbonyl (C=O) groups is 1. The first-order valence-electron chi connectivity index (χ1n) is 4.77. The first-order valence-corrected chi connectivity index (χ1v) is 4.77. The van der Waals surface area contributed by atoms with Crippen LogP contribution in [-0.2, 0) is 6.54 Å². The van der Waals surface area contributed by atoms with Gasteiger partial charge in [-0.25, -0.2) is 4.79 Å². The van der Waals surface area contributed by atoms with E-state index in [0.29, 0.717) is 6.54 Å². The van der Waals surface area contributed by atoms with Gasteiger partial charge < -0.3 is 10.4 Å². The van der Waals surface area contributed by atoms with E-state index in [1.165, 1.54) is 5.69 Å². The van der Waals surface area contributed by atoms with Crippen molar-refractivity contribution in [3.05, 3.63) is 29.8 Å². The van der Waals surface area contributed by atoms with Crippen LogP contribution >= 0.6 is 0 Å². The molecule has 0 saturated heterocycles. The van der Waals surface area contributed by atoms with Crippen LogP contribution < -0.4 is 9.80 Å². The summed E-state index contributed by atoms with van der Waals surface area (Å²) >= 11 is 0. The molecule has 0 aliphatic rings. The lowest BCUT2D eigenvalue weighted by molar-refractivity contribution is 0.194. The Labute approximate surface area is 89.7 Å². The topological polar surface area (TPSA) is 49.3 Å². The molecule has 0 aliphatic heterocycles. The highest BCUT2D eigenvalue weighted by atomic mass is 16.4. The van der Waals surface area contributed by atoms with Gasteiger partial charge in [-0.2, -0.15) is 0 Å². The van der Waals surface area contributed by atoms with Crippen LogP contribution in [-0.4, -0.2) is 32.3 Å². The summed E-state index contributed by atoms with van der Waals surface area (Å²) in [5.74, 6) is 0. The van der Waals surface area contributed by atoms with E-state index in [1.807, 2.05) is 24.3 Å². The molecule has 0 aliphatic carbocycles. The highest BCUT2D eigenvalue weighted by Gasteiger charge is 2.10. The second-order valence-electron chi connectivity index (χ2n) is 4.34. The summed E-state index contributed by atoms with van der Waals surface area (Å²) in [6, 6.07) is 7.90. The number of hydrogen-bond donors (Lipinski definition) is 2. The number of quaternary nitrogens is 1. The number of nitrogens with zero attached hydrogens (tertiary/aromatic N) is 1. The summed E-state index contributed by atoms with van der Waals surface area (Å²) in [5, 5.41) is 10.8. The lowest BCUT2D eigenvalue weighted by Crippen LogP contribution is -2.34. The molecule has 15 heavy (non-hydrogen) atoms. The Morgan fingerprint density at radius 1 is 1.27 bits per heavy atom. The van der Waals surface area contributed by atoms with Gasteiger partial charge in [0.1, 0.15) is 5.69 Å². The number of hydrogen-bond acceptors (Lipinski definition) is 1. The van der Waals surface area contributed by atoms with Gasteiger partial charge >= 0.3 is 6.09 Å². The Kier molecular flexibility index (Phi) is 3.31. The summed E-state index contributed by atoms with van der Waals surface area (Å²) in [6.45, 7) is 0.354. The molecule has 1 aromatic rings. The summed E-state index contributed by atoms with van der Waals surface area (Å²) in [6.07, 6.45) is -0.995. The highest BCUT2D eigenvalue weighted by molar-refractivity contribution is 5.64. The third-order valence-electron chi connectivity index (χ3n) is 2.15. The zero-order valence-electron chi connectivity index (χ0n) is 9.32. The maximum Gasteiger partial charge on any atom is 0.404 e. The van der Waals surface area contributed by atoms with E-state index in [-0.39, 0.29) is 0 Å². The number of amides is 1. The quantitative estimate of drug-likeness (QED) is 0.744. The average Bonchev–Trinajstić information content (AvgIpc) is 2.14. The van der Waals surface area contributed by atoms with Gasteiger partial charge in [0.2, 0.25) is 0 Å². The van der Waals surface area contributed by atoms with Crippen LogP contribution in [0, 0.1) is 0 Å². The second-order valence-corrected chi connectivity index (χ2v) is 4.34. The molecule has 0 bridgehead atoms. The molecule has 82 valence electrons. The predicted molar refractivity (Wildman–Crippen MR) is 60.9 cm³/mol. The Hall–Kier alpha value is -1.55. The number of carboxylic acid groups (broad SMARTS) is 1. The van der Waals surface area contributed by atoms with Gasteiger partial charge in [-0.15, -0.1) is 0 Å². The minimum absolute atomic E-state index is 0.354. The van der Waals surface area contributed by atoms with E-state index in [2.05, 4.69) is 26.5 Å². The molecule has 1 amide bonds. The molecule has 0 atom stereocenters. The van der Waals surface area contributed by atoms with Crippen LogP contribution in [0.15, 0.2) is 24.3 Å². The van der Waals surface area contributed by atoms with Crippen molar-refractivity contribution in [3.63, 3.8) is 0 Å². The molecule has 0 fully saturated rings. The summed E-state index contributed by atoms with van der Waals surface area (Å²) < 4.78 is 0.757. The normalized spacial score (nSPS) is 11.1. The smallest absolute Gasteiger partial charge is 0.404 e. The van der Waals surface area contributed by atoms with Gasteiger partial charge in [0, 0.05) is 6.54 Å². The molecule has 0 unspecified atom stereocenters. The lowest BCUT2D eigenvalue weighted by atomic mass is 10.2. The number of rotatable bonds is 3. The van der Waals surface area contributed by atoms with Crippen molar-refractivity contribution in [3.8, 4) is 0 Å². The molecule has 4 heteroatoms. The van der Waals surface area contributed by atoms with Crippen molar-refractivity contribution in [2.24, 2.45) is 0 Å². The Bertz CT molecular complexity index is 339. The molecular formula is C11H17N2O2+. The summed E-state index contributed by atoms with van der Waals surface area (Å²) in [5.41, 5.74) is 2.16. The molecule has 0 heterocycles. The van der Waals surface area contributed by atoms with Gasteiger partial charge in [-0.05, 0) is 17.7 Å². The fraction of sp³-hybridized carbons (Fsp3) is 0.364. The van der Waals surface area contributed by atoms with Crippen LogP contribution in [0.2, 0.25) is 0 Å². The molecule has 0 saturated carbocycles. The van der Waals surface area contributed by atoms with Crippen LogP contribution in [0.5, 0.6) is 0 Å². The van der Waals surface area contributed by atoms with E-state index in [4.69, 9.17) is 5.11 Å². The van der Waals surface area contributed by atoms with Crippen molar-refractivity contribution in [2.45, 2.75) is 6.54 Å². The number of nitrogens with one attached hydrogen (secondary N) is 1. The average molecular weight is 209 g/mol. The van der Waals surface area contributed by atoms with E-state index in [0.717, 1.165) is 10.0 Å². The molecule has 2 N–H and O–H groups in total. The monoisotopic (exact) mass is 209 g/mol. The van der Waals surface area contributed by atoms with Crippen molar-refractivity contribution in [2.75, 3.05) is 21.1 Å². The molecule has 0 spiro atoms. The van der Waals surface area contributed by atoms with Gasteiger partial charge in [0.25, 0.3) is 0 Å². The van der Waals surface area contributed by atoms with E-state index < -0.39 is 6.09 Å². The molecular weight excluding hydrogens is 192 g/mol. The van der Waals surface area contributed by atoms with Gasteiger partial charge in [0.05, 0.1) is 21.1 Å². The zero-order valence-corrected chi connectivity index (χ0v) is 9.32. The Balaban J connectivity index is 2.69. The van der Waals surface area contributed by atoms with Crippen LogP contribution in [0.3, 0.4) is 0 Å². The first kappa shape index (κ1) is 11.5. The molecule has 1 rings (SSSR count). The summed E-state index contributed by atoms with van der Waals surface area (Å²) in [4.78, 5) is 10.3. The van der Waals surface area contributed by atoms with Gasteiger partial charge in [0.15, 0.2) is 0 Å². The Morgan fingerprint density at radius 2 is 1.80 bits per heavy atom. The predicted octanol–water partition coefficient (Wildman–Crippen LogP) is 1.65. The third kappa shape index (κ3) is 3.59. The van der Waals surface area contributed by atoms with Crippen LogP contribution in [0.1, 0.15) is 5.56 Å². The number of benzene rings is 1.